The fourth-order valence-corrected chi connectivity index (χ4v) is 3.52. The highest BCUT2D eigenvalue weighted by molar-refractivity contribution is 5.82. The standard InChI is InChI=1S/C15H27N3O/c1-2-12-5-6-16-14(11-12)15(19)18-9-7-17(8-10-18)13-3-4-13/h12-14,16H,2-11H2,1H3. The lowest BCUT2D eigenvalue weighted by molar-refractivity contribution is -0.136. The average Bonchev–Trinajstić information content (AvgIpc) is 3.31. The number of rotatable bonds is 3. The predicted octanol–water partition coefficient (Wildman–Crippen LogP) is 1.07. The molecule has 1 saturated carbocycles. The molecule has 0 radical (unpaired) electrons. The van der Waals surface area contributed by atoms with Gasteiger partial charge in [0.1, 0.15) is 0 Å². The molecule has 2 saturated heterocycles. The van der Waals surface area contributed by atoms with Crippen LogP contribution >= 0.6 is 0 Å². The highest BCUT2D eigenvalue weighted by Crippen LogP contribution is 2.28. The van der Waals surface area contributed by atoms with Crippen LogP contribution in [0.25, 0.3) is 0 Å². The van der Waals surface area contributed by atoms with Crippen LogP contribution in [0.5, 0.6) is 0 Å². The second-order valence-corrected chi connectivity index (χ2v) is 6.40. The van der Waals surface area contributed by atoms with Crippen molar-refractivity contribution in [3.63, 3.8) is 0 Å². The SMILES string of the molecule is CCC1CCNC(C(=O)N2CCN(C3CC3)CC2)C1. The van der Waals surface area contributed by atoms with Crippen molar-refractivity contribution in [2.24, 2.45) is 5.92 Å². The predicted molar refractivity (Wildman–Crippen MR) is 76.0 cm³/mol. The molecule has 2 unspecified atom stereocenters. The Hall–Kier alpha value is -0.610. The summed E-state index contributed by atoms with van der Waals surface area (Å²) < 4.78 is 0. The summed E-state index contributed by atoms with van der Waals surface area (Å²) in [4.78, 5) is 17.2. The maximum Gasteiger partial charge on any atom is 0.239 e. The number of hydrogen-bond donors (Lipinski definition) is 1. The van der Waals surface area contributed by atoms with Crippen molar-refractivity contribution in [2.75, 3.05) is 32.7 Å². The van der Waals surface area contributed by atoms with E-state index in [-0.39, 0.29) is 6.04 Å². The van der Waals surface area contributed by atoms with Crippen LogP contribution < -0.4 is 5.32 Å². The minimum Gasteiger partial charge on any atom is -0.339 e. The molecule has 3 aliphatic rings. The molecule has 3 rings (SSSR count). The Balaban J connectivity index is 1.49. The van der Waals surface area contributed by atoms with Gasteiger partial charge in [0, 0.05) is 32.2 Å². The van der Waals surface area contributed by atoms with Crippen molar-refractivity contribution >= 4 is 5.91 Å². The maximum atomic E-state index is 12.6. The van der Waals surface area contributed by atoms with E-state index in [1.807, 2.05) is 0 Å². The minimum absolute atomic E-state index is 0.0891. The van der Waals surface area contributed by atoms with Gasteiger partial charge in [-0.15, -0.1) is 0 Å². The molecule has 0 aromatic carbocycles. The molecule has 0 bridgehead atoms. The van der Waals surface area contributed by atoms with Crippen molar-refractivity contribution in [1.82, 2.24) is 15.1 Å². The van der Waals surface area contributed by atoms with Crippen LogP contribution in [0.1, 0.15) is 39.0 Å². The number of nitrogens with zero attached hydrogens (tertiary/aromatic N) is 2. The fraction of sp³-hybridized carbons (Fsp3) is 0.933. The molecular weight excluding hydrogens is 238 g/mol. The van der Waals surface area contributed by atoms with Gasteiger partial charge in [0.2, 0.25) is 5.91 Å². The summed E-state index contributed by atoms with van der Waals surface area (Å²) in [6, 6.07) is 0.931. The van der Waals surface area contributed by atoms with Crippen LogP contribution in [0.15, 0.2) is 0 Å². The van der Waals surface area contributed by atoms with E-state index >= 15 is 0 Å². The summed E-state index contributed by atoms with van der Waals surface area (Å²) in [7, 11) is 0. The normalized spacial score (nSPS) is 33.4. The lowest BCUT2D eigenvalue weighted by Gasteiger charge is -2.38. The Morgan fingerprint density at radius 1 is 1.16 bits per heavy atom. The lowest BCUT2D eigenvalue weighted by atomic mass is 9.90. The number of nitrogens with one attached hydrogen (secondary N) is 1. The van der Waals surface area contributed by atoms with Gasteiger partial charge in [-0.3, -0.25) is 9.69 Å². The van der Waals surface area contributed by atoms with E-state index in [1.165, 1.54) is 25.7 Å². The highest BCUT2D eigenvalue weighted by Gasteiger charge is 2.34. The van der Waals surface area contributed by atoms with E-state index in [9.17, 15) is 4.79 Å². The molecule has 4 nitrogen and oxygen atoms in total. The Kier molecular flexibility index (Phi) is 4.08. The van der Waals surface area contributed by atoms with Crippen molar-refractivity contribution < 1.29 is 4.79 Å². The molecule has 4 heteroatoms. The van der Waals surface area contributed by atoms with Crippen molar-refractivity contribution in [3.8, 4) is 0 Å². The van der Waals surface area contributed by atoms with Crippen LogP contribution in [0.3, 0.4) is 0 Å². The zero-order valence-electron chi connectivity index (χ0n) is 12.1. The van der Waals surface area contributed by atoms with Gasteiger partial charge in [-0.1, -0.05) is 13.3 Å². The first-order valence-electron chi connectivity index (χ1n) is 8.04. The van der Waals surface area contributed by atoms with Crippen LogP contribution in [0.2, 0.25) is 0 Å². The summed E-state index contributed by atoms with van der Waals surface area (Å²) >= 11 is 0. The number of carbonyl (C=O) groups is 1. The summed E-state index contributed by atoms with van der Waals surface area (Å²) in [5.74, 6) is 1.09. The summed E-state index contributed by atoms with van der Waals surface area (Å²) in [5, 5.41) is 3.42. The monoisotopic (exact) mass is 265 g/mol. The van der Waals surface area contributed by atoms with E-state index in [0.29, 0.717) is 5.91 Å². The smallest absolute Gasteiger partial charge is 0.239 e. The molecule has 2 aliphatic heterocycles. The number of piperidine rings is 1. The molecule has 19 heavy (non-hydrogen) atoms. The molecular formula is C15H27N3O. The second-order valence-electron chi connectivity index (χ2n) is 6.40. The zero-order valence-corrected chi connectivity index (χ0v) is 12.1. The highest BCUT2D eigenvalue weighted by atomic mass is 16.2. The van der Waals surface area contributed by atoms with Gasteiger partial charge in [-0.25, -0.2) is 0 Å². The van der Waals surface area contributed by atoms with E-state index in [0.717, 1.165) is 51.1 Å². The second kappa shape index (κ2) is 5.80. The molecule has 2 atom stereocenters. The van der Waals surface area contributed by atoms with Crippen molar-refractivity contribution in [1.29, 1.82) is 0 Å². The number of amides is 1. The van der Waals surface area contributed by atoms with Crippen LogP contribution in [0, 0.1) is 5.92 Å². The van der Waals surface area contributed by atoms with Gasteiger partial charge < -0.3 is 10.2 Å². The first-order valence-corrected chi connectivity index (χ1v) is 8.04. The molecule has 3 fully saturated rings. The van der Waals surface area contributed by atoms with Gasteiger partial charge in [0.05, 0.1) is 6.04 Å². The lowest BCUT2D eigenvalue weighted by Crippen LogP contribution is -2.56. The Morgan fingerprint density at radius 3 is 2.53 bits per heavy atom. The van der Waals surface area contributed by atoms with Crippen LogP contribution in [-0.4, -0.2) is 60.5 Å². The molecule has 1 N–H and O–H groups in total. The number of hydrogen-bond acceptors (Lipinski definition) is 3. The maximum absolute atomic E-state index is 12.6. The summed E-state index contributed by atoms with van der Waals surface area (Å²) in [6.45, 7) is 7.29. The molecule has 1 amide bonds. The Labute approximate surface area is 116 Å². The van der Waals surface area contributed by atoms with Gasteiger partial charge in [0.25, 0.3) is 0 Å². The third-order valence-electron chi connectivity index (χ3n) is 5.08. The van der Waals surface area contributed by atoms with E-state index in [2.05, 4.69) is 22.0 Å². The first kappa shape index (κ1) is 13.4. The Morgan fingerprint density at radius 2 is 1.89 bits per heavy atom. The largest absolute Gasteiger partial charge is 0.339 e. The third kappa shape index (κ3) is 3.11. The minimum atomic E-state index is 0.0891. The van der Waals surface area contributed by atoms with Crippen LogP contribution in [0.4, 0.5) is 0 Å². The van der Waals surface area contributed by atoms with E-state index < -0.39 is 0 Å². The van der Waals surface area contributed by atoms with E-state index in [4.69, 9.17) is 0 Å². The first-order chi connectivity index (χ1) is 9.28. The van der Waals surface area contributed by atoms with Crippen molar-refractivity contribution in [3.05, 3.63) is 0 Å². The molecule has 108 valence electrons. The quantitative estimate of drug-likeness (QED) is 0.829. The van der Waals surface area contributed by atoms with Gasteiger partial charge in [-0.05, 0) is 38.1 Å². The number of carbonyl (C=O) groups excluding carboxylic acids is 1. The number of piperazine rings is 1. The molecule has 2 heterocycles. The van der Waals surface area contributed by atoms with E-state index in [1.54, 1.807) is 0 Å². The van der Waals surface area contributed by atoms with Gasteiger partial charge in [0.15, 0.2) is 0 Å². The van der Waals surface area contributed by atoms with Crippen LogP contribution in [-0.2, 0) is 4.79 Å². The third-order valence-corrected chi connectivity index (χ3v) is 5.08. The molecule has 1 aliphatic carbocycles. The van der Waals surface area contributed by atoms with Crippen molar-refractivity contribution in [2.45, 2.75) is 51.1 Å². The molecule has 0 aromatic heterocycles. The molecule has 0 spiro atoms. The topological polar surface area (TPSA) is 35.6 Å². The van der Waals surface area contributed by atoms with Gasteiger partial charge in [-0.2, -0.15) is 0 Å². The average molecular weight is 265 g/mol. The summed E-state index contributed by atoms with van der Waals surface area (Å²) in [6.07, 6.45) is 6.22. The Bertz CT molecular complexity index is 321. The fourth-order valence-electron chi connectivity index (χ4n) is 3.52. The zero-order chi connectivity index (χ0) is 13.2. The van der Waals surface area contributed by atoms with Gasteiger partial charge >= 0.3 is 0 Å². The molecule has 0 aromatic rings. The summed E-state index contributed by atoms with van der Waals surface area (Å²) in [5.41, 5.74) is 0.